The summed E-state index contributed by atoms with van der Waals surface area (Å²) in [7, 11) is 2.00. The summed E-state index contributed by atoms with van der Waals surface area (Å²) in [6.07, 6.45) is 5.49. The third-order valence-corrected chi connectivity index (χ3v) is 4.62. The van der Waals surface area contributed by atoms with Crippen molar-refractivity contribution in [1.82, 2.24) is 20.4 Å². The molecule has 0 bridgehead atoms. The first kappa shape index (κ1) is 19.9. The summed E-state index contributed by atoms with van der Waals surface area (Å²) in [5.74, 6) is 2.14. The van der Waals surface area contributed by atoms with E-state index in [1.165, 1.54) is 23.4 Å². The van der Waals surface area contributed by atoms with Gasteiger partial charge in [-0.2, -0.15) is 16.9 Å². The van der Waals surface area contributed by atoms with Crippen LogP contribution in [0.3, 0.4) is 0 Å². The summed E-state index contributed by atoms with van der Waals surface area (Å²) in [4.78, 5) is 4.68. The van der Waals surface area contributed by atoms with Crippen molar-refractivity contribution in [3.8, 4) is 0 Å². The Labute approximate surface area is 145 Å². The van der Waals surface area contributed by atoms with E-state index in [0.717, 1.165) is 37.6 Å². The highest BCUT2D eigenvalue weighted by Crippen LogP contribution is 2.14. The number of rotatable bonds is 9. The van der Waals surface area contributed by atoms with Crippen molar-refractivity contribution in [1.29, 1.82) is 0 Å². The maximum Gasteiger partial charge on any atom is 0.191 e. The highest BCUT2D eigenvalue weighted by Gasteiger charge is 2.13. The van der Waals surface area contributed by atoms with Crippen molar-refractivity contribution < 1.29 is 0 Å². The quantitative estimate of drug-likeness (QED) is 0.413. The molecule has 6 heteroatoms. The molecular weight excluding hydrogens is 306 g/mol. The van der Waals surface area contributed by atoms with Gasteiger partial charge in [0.1, 0.15) is 0 Å². The third kappa shape index (κ3) is 6.85. The van der Waals surface area contributed by atoms with Crippen molar-refractivity contribution in [2.75, 3.05) is 25.1 Å². The van der Waals surface area contributed by atoms with E-state index in [-0.39, 0.29) is 0 Å². The molecule has 0 saturated heterocycles. The van der Waals surface area contributed by atoms with Gasteiger partial charge in [0.2, 0.25) is 0 Å². The topological polar surface area (TPSA) is 54.2 Å². The Morgan fingerprint density at radius 1 is 1.35 bits per heavy atom. The number of nitrogens with zero attached hydrogens (tertiary/aromatic N) is 3. The van der Waals surface area contributed by atoms with Crippen LogP contribution in [0, 0.1) is 13.8 Å². The molecule has 0 aliphatic carbocycles. The smallest absolute Gasteiger partial charge is 0.191 e. The van der Waals surface area contributed by atoms with Gasteiger partial charge in [0.15, 0.2) is 5.96 Å². The fraction of sp³-hybridized carbons (Fsp3) is 0.765. The average molecular weight is 340 g/mol. The van der Waals surface area contributed by atoms with Crippen LogP contribution in [0.2, 0.25) is 0 Å². The SMILES string of the molecule is CCNC(=NCCCCSC)NC(C)Cc1c(C)nn(C)c1C. The van der Waals surface area contributed by atoms with Crippen molar-refractivity contribution >= 4 is 17.7 Å². The molecule has 0 amide bonds. The third-order valence-electron chi connectivity index (χ3n) is 3.92. The Kier molecular flexibility index (Phi) is 9.14. The predicted molar refractivity (Wildman–Crippen MR) is 103 cm³/mol. The molecule has 1 aromatic heterocycles. The van der Waals surface area contributed by atoms with E-state index in [0.29, 0.717) is 6.04 Å². The first-order chi connectivity index (χ1) is 11.0. The first-order valence-electron chi connectivity index (χ1n) is 8.52. The molecule has 1 aromatic rings. The van der Waals surface area contributed by atoms with Gasteiger partial charge in [-0.25, -0.2) is 0 Å². The Hall–Kier alpha value is -1.17. The van der Waals surface area contributed by atoms with E-state index in [9.17, 15) is 0 Å². The van der Waals surface area contributed by atoms with Crippen LogP contribution in [-0.4, -0.2) is 46.9 Å². The van der Waals surface area contributed by atoms with Gasteiger partial charge in [-0.15, -0.1) is 0 Å². The van der Waals surface area contributed by atoms with E-state index in [1.54, 1.807) is 0 Å². The van der Waals surface area contributed by atoms with Crippen LogP contribution in [0.5, 0.6) is 0 Å². The van der Waals surface area contributed by atoms with E-state index < -0.39 is 0 Å². The lowest BCUT2D eigenvalue weighted by atomic mass is 10.1. The van der Waals surface area contributed by atoms with Crippen LogP contribution >= 0.6 is 11.8 Å². The number of hydrogen-bond donors (Lipinski definition) is 2. The molecule has 0 aliphatic heterocycles. The molecule has 23 heavy (non-hydrogen) atoms. The molecule has 132 valence electrons. The second-order valence-corrected chi connectivity index (χ2v) is 6.97. The van der Waals surface area contributed by atoms with Gasteiger partial charge in [0.05, 0.1) is 5.69 Å². The predicted octanol–water partition coefficient (Wildman–Crippen LogP) is 2.67. The summed E-state index contributed by atoms with van der Waals surface area (Å²) in [6, 6.07) is 0.320. The van der Waals surface area contributed by atoms with Crippen molar-refractivity contribution in [3.63, 3.8) is 0 Å². The van der Waals surface area contributed by atoms with Gasteiger partial charge < -0.3 is 10.6 Å². The normalized spacial score (nSPS) is 13.2. The Bertz CT molecular complexity index is 495. The van der Waals surface area contributed by atoms with Crippen molar-refractivity contribution in [2.24, 2.45) is 12.0 Å². The lowest BCUT2D eigenvalue weighted by Crippen LogP contribution is -2.43. The van der Waals surface area contributed by atoms with Gasteiger partial charge in [0, 0.05) is 31.9 Å². The number of aryl methyl sites for hydroxylation is 2. The van der Waals surface area contributed by atoms with Crippen LogP contribution in [-0.2, 0) is 13.5 Å². The Balaban J connectivity index is 2.56. The fourth-order valence-corrected chi connectivity index (χ4v) is 3.07. The van der Waals surface area contributed by atoms with Crippen LogP contribution in [0.4, 0.5) is 0 Å². The Morgan fingerprint density at radius 2 is 2.09 bits per heavy atom. The summed E-state index contributed by atoms with van der Waals surface area (Å²) in [5, 5.41) is 11.4. The summed E-state index contributed by atoms with van der Waals surface area (Å²) < 4.78 is 1.96. The largest absolute Gasteiger partial charge is 0.357 e. The average Bonchev–Trinajstić information content (AvgIpc) is 2.73. The van der Waals surface area contributed by atoms with Gasteiger partial charge in [0.25, 0.3) is 0 Å². The molecule has 1 atom stereocenters. The molecule has 0 saturated carbocycles. The molecule has 1 heterocycles. The number of aliphatic imine (C=N–C) groups is 1. The number of thioether (sulfide) groups is 1. The maximum absolute atomic E-state index is 4.68. The molecule has 1 unspecified atom stereocenters. The standard InChI is InChI=1S/C17H33N5S/c1-7-18-17(19-10-8-9-11-23-6)20-13(2)12-16-14(3)21-22(5)15(16)4/h13H,7-12H2,1-6H3,(H2,18,19,20). The monoisotopic (exact) mass is 339 g/mol. The molecule has 1 rings (SSSR count). The maximum atomic E-state index is 4.68. The zero-order chi connectivity index (χ0) is 17.2. The van der Waals surface area contributed by atoms with E-state index >= 15 is 0 Å². The lowest BCUT2D eigenvalue weighted by Gasteiger charge is -2.18. The fourth-order valence-electron chi connectivity index (χ4n) is 2.57. The zero-order valence-corrected chi connectivity index (χ0v) is 16.4. The van der Waals surface area contributed by atoms with Gasteiger partial charge in [-0.05, 0) is 64.5 Å². The van der Waals surface area contributed by atoms with E-state index in [2.05, 4.69) is 54.7 Å². The highest BCUT2D eigenvalue weighted by molar-refractivity contribution is 7.98. The minimum Gasteiger partial charge on any atom is -0.357 e. The van der Waals surface area contributed by atoms with Crippen LogP contribution in [0.25, 0.3) is 0 Å². The molecule has 0 radical (unpaired) electrons. The van der Waals surface area contributed by atoms with Crippen molar-refractivity contribution in [3.05, 3.63) is 17.0 Å². The number of hydrogen-bond acceptors (Lipinski definition) is 3. The molecule has 0 spiro atoms. The van der Waals surface area contributed by atoms with Crippen molar-refractivity contribution in [2.45, 2.75) is 53.0 Å². The van der Waals surface area contributed by atoms with Gasteiger partial charge >= 0.3 is 0 Å². The summed E-state index contributed by atoms with van der Waals surface area (Å²) in [5.41, 5.74) is 3.70. The minimum atomic E-state index is 0.320. The molecule has 0 fully saturated rings. The summed E-state index contributed by atoms with van der Waals surface area (Å²) >= 11 is 1.90. The number of unbranched alkanes of at least 4 members (excludes halogenated alkanes) is 1. The van der Waals surface area contributed by atoms with E-state index in [4.69, 9.17) is 0 Å². The van der Waals surface area contributed by atoms with E-state index in [1.807, 2.05) is 23.5 Å². The first-order valence-corrected chi connectivity index (χ1v) is 9.91. The second kappa shape index (κ2) is 10.6. The van der Waals surface area contributed by atoms with Gasteiger partial charge in [-0.1, -0.05) is 0 Å². The molecule has 0 aromatic carbocycles. The highest BCUT2D eigenvalue weighted by atomic mass is 32.2. The summed E-state index contributed by atoms with van der Waals surface area (Å²) in [6.45, 7) is 10.3. The van der Waals surface area contributed by atoms with Crippen LogP contribution in [0.15, 0.2) is 4.99 Å². The lowest BCUT2D eigenvalue weighted by molar-refractivity contribution is 0.634. The Morgan fingerprint density at radius 3 is 2.65 bits per heavy atom. The van der Waals surface area contributed by atoms with Crippen LogP contribution < -0.4 is 10.6 Å². The molecular formula is C17H33N5S. The number of aromatic nitrogens is 2. The number of nitrogens with one attached hydrogen (secondary N) is 2. The minimum absolute atomic E-state index is 0.320. The molecule has 5 nitrogen and oxygen atoms in total. The number of guanidine groups is 1. The molecule has 2 N–H and O–H groups in total. The van der Waals surface area contributed by atoms with Gasteiger partial charge in [-0.3, -0.25) is 9.67 Å². The zero-order valence-electron chi connectivity index (χ0n) is 15.6. The second-order valence-electron chi connectivity index (χ2n) is 5.98. The molecule has 0 aliphatic rings. The van der Waals surface area contributed by atoms with Crippen LogP contribution in [0.1, 0.15) is 43.6 Å².